The SMILES string of the molecule is COc1cc(/C=C/C(=O)OCC(Cl)(Cl)Cl)ccc1O. The standard InChI is InChI=1S/C12H11Cl3O4/c1-18-10-6-8(2-4-9(10)16)3-5-11(17)19-7-12(13,14)15/h2-6,16H,7H2,1H3/b5-3+. The van der Waals surface area contributed by atoms with E-state index >= 15 is 0 Å². The molecule has 0 aliphatic heterocycles. The van der Waals surface area contributed by atoms with Gasteiger partial charge < -0.3 is 14.6 Å². The fourth-order valence-corrected chi connectivity index (χ4v) is 1.33. The third-order valence-electron chi connectivity index (χ3n) is 1.99. The van der Waals surface area contributed by atoms with Crippen LogP contribution >= 0.6 is 34.8 Å². The van der Waals surface area contributed by atoms with Gasteiger partial charge in [0.25, 0.3) is 0 Å². The molecule has 0 radical (unpaired) electrons. The minimum Gasteiger partial charge on any atom is -0.504 e. The zero-order valence-corrected chi connectivity index (χ0v) is 12.2. The van der Waals surface area contributed by atoms with Gasteiger partial charge in [-0.05, 0) is 23.8 Å². The highest BCUT2D eigenvalue weighted by molar-refractivity contribution is 6.67. The highest BCUT2D eigenvalue weighted by Gasteiger charge is 2.21. The first kappa shape index (κ1) is 16.0. The van der Waals surface area contributed by atoms with Crippen LogP contribution in [-0.2, 0) is 9.53 Å². The van der Waals surface area contributed by atoms with E-state index < -0.39 is 9.76 Å². The first-order chi connectivity index (χ1) is 8.81. The van der Waals surface area contributed by atoms with E-state index in [1.807, 2.05) is 0 Å². The van der Waals surface area contributed by atoms with E-state index in [2.05, 4.69) is 0 Å². The van der Waals surface area contributed by atoms with Crippen molar-refractivity contribution in [2.45, 2.75) is 3.79 Å². The van der Waals surface area contributed by atoms with E-state index in [-0.39, 0.29) is 12.4 Å². The lowest BCUT2D eigenvalue weighted by atomic mass is 10.2. The molecule has 0 aliphatic rings. The first-order valence-corrected chi connectivity index (χ1v) is 6.24. The van der Waals surface area contributed by atoms with Crippen molar-refractivity contribution in [1.29, 1.82) is 0 Å². The Bertz CT molecular complexity index is 480. The average Bonchev–Trinajstić information content (AvgIpc) is 2.34. The summed E-state index contributed by atoms with van der Waals surface area (Å²) < 4.78 is 8.00. The van der Waals surface area contributed by atoms with Gasteiger partial charge in [-0.2, -0.15) is 0 Å². The van der Waals surface area contributed by atoms with Gasteiger partial charge in [0.1, 0.15) is 6.61 Å². The molecule has 0 bridgehead atoms. The number of rotatable bonds is 4. The van der Waals surface area contributed by atoms with E-state index in [4.69, 9.17) is 44.3 Å². The molecule has 1 aromatic carbocycles. The van der Waals surface area contributed by atoms with Crippen molar-refractivity contribution in [3.8, 4) is 11.5 Å². The van der Waals surface area contributed by atoms with Crippen molar-refractivity contribution >= 4 is 46.8 Å². The summed E-state index contributed by atoms with van der Waals surface area (Å²) in [5, 5.41) is 9.40. The highest BCUT2D eigenvalue weighted by atomic mass is 35.6. The number of hydrogen-bond acceptors (Lipinski definition) is 4. The van der Waals surface area contributed by atoms with Crippen molar-refractivity contribution in [3.63, 3.8) is 0 Å². The van der Waals surface area contributed by atoms with Gasteiger partial charge in [0.2, 0.25) is 3.79 Å². The van der Waals surface area contributed by atoms with E-state index in [0.717, 1.165) is 0 Å². The number of phenols is 1. The molecule has 104 valence electrons. The maximum atomic E-state index is 11.3. The molecule has 1 N–H and O–H groups in total. The van der Waals surface area contributed by atoms with Gasteiger partial charge in [0, 0.05) is 6.08 Å². The van der Waals surface area contributed by atoms with E-state index in [0.29, 0.717) is 11.3 Å². The molecule has 1 aromatic rings. The zero-order valence-electron chi connectivity index (χ0n) is 9.90. The second-order valence-electron chi connectivity index (χ2n) is 3.49. The lowest BCUT2D eigenvalue weighted by Crippen LogP contribution is -2.15. The Labute approximate surface area is 125 Å². The number of halogens is 3. The topological polar surface area (TPSA) is 55.8 Å². The minimum atomic E-state index is -1.63. The van der Waals surface area contributed by atoms with Crippen LogP contribution in [0.1, 0.15) is 5.56 Å². The lowest BCUT2D eigenvalue weighted by molar-refractivity contribution is -0.137. The zero-order chi connectivity index (χ0) is 14.5. The van der Waals surface area contributed by atoms with Gasteiger partial charge in [0.05, 0.1) is 7.11 Å². The maximum absolute atomic E-state index is 11.3. The second kappa shape index (κ2) is 6.89. The highest BCUT2D eigenvalue weighted by Crippen LogP contribution is 2.27. The Hall–Kier alpha value is -1.10. The van der Waals surface area contributed by atoms with Gasteiger partial charge in [-0.15, -0.1) is 0 Å². The molecular formula is C12H11Cl3O4. The summed E-state index contributed by atoms with van der Waals surface area (Å²) in [4.78, 5) is 11.3. The molecule has 0 aromatic heterocycles. The number of carbonyl (C=O) groups is 1. The van der Waals surface area contributed by atoms with Crippen LogP contribution < -0.4 is 4.74 Å². The predicted molar refractivity (Wildman–Crippen MR) is 74.9 cm³/mol. The normalized spacial score (nSPS) is 11.6. The summed E-state index contributed by atoms with van der Waals surface area (Å²) in [6, 6.07) is 4.62. The van der Waals surface area contributed by atoms with Crippen LogP contribution in [0.4, 0.5) is 0 Å². The molecule has 0 aliphatic carbocycles. The fourth-order valence-electron chi connectivity index (χ4n) is 1.16. The summed E-state index contributed by atoms with van der Waals surface area (Å²) in [5.41, 5.74) is 0.653. The molecule has 4 nitrogen and oxygen atoms in total. The maximum Gasteiger partial charge on any atom is 0.330 e. The van der Waals surface area contributed by atoms with Crippen molar-refractivity contribution in [2.75, 3.05) is 13.7 Å². The predicted octanol–water partition coefficient (Wildman–Crippen LogP) is 3.33. The number of carbonyl (C=O) groups excluding carboxylic acids is 1. The first-order valence-electron chi connectivity index (χ1n) is 5.10. The third-order valence-corrected chi connectivity index (χ3v) is 2.32. The molecule has 1 rings (SSSR count). The molecule has 0 heterocycles. The quantitative estimate of drug-likeness (QED) is 0.524. The molecule has 0 amide bonds. The largest absolute Gasteiger partial charge is 0.504 e. The Morgan fingerprint density at radius 1 is 1.42 bits per heavy atom. The van der Waals surface area contributed by atoms with Gasteiger partial charge in [0.15, 0.2) is 11.5 Å². The number of aromatic hydroxyl groups is 1. The van der Waals surface area contributed by atoms with Crippen LogP contribution in [0, 0.1) is 0 Å². The van der Waals surface area contributed by atoms with Crippen LogP contribution in [0.2, 0.25) is 0 Å². The molecule has 7 heteroatoms. The summed E-state index contributed by atoms with van der Waals surface area (Å²) in [5.74, 6) is -0.325. The number of methoxy groups -OCH3 is 1. The van der Waals surface area contributed by atoms with Crippen LogP contribution in [0.15, 0.2) is 24.3 Å². The molecule has 0 atom stereocenters. The molecule has 0 fully saturated rings. The van der Waals surface area contributed by atoms with E-state index in [1.165, 1.54) is 25.3 Å². The molecule has 0 spiro atoms. The number of hydrogen-bond donors (Lipinski definition) is 1. The number of ether oxygens (including phenoxy) is 2. The molecule has 0 saturated heterocycles. The Morgan fingerprint density at radius 3 is 2.68 bits per heavy atom. The lowest BCUT2D eigenvalue weighted by Gasteiger charge is -2.09. The summed E-state index contributed by atoms with van der Waals surface area (Å²) in [6.07, 6.45) is 2.67. The second-order valence-corrected chi connectivity index (χ2v) is 6.00. The Kier molecular flexibility index (Phi) is 5.79. The van der Waals surface area contributed by atoms with Crippen LogP contribution in [0.25, 0.3) is 6.08 Å². The Morgan fingerprint density at radius 2 is 2.11 bits per heavy atom. The third kappa shape index (κ3) is 6.05. The van der Waals surface area contributed by atoms with E-state index in [1.54, 1.807) is 12.1 Å². The smallest absolute Gasteiger partial charge is 0.330 e. The molecule has 0 unspecified atom stereocenters. The van der Waals surface area contributed by atoms with Gasteiger partial charge in [-0.25, -0.2) is 4.79 Å². The fraction of sp³-hybridized carbons (Fsp3) is 0.250. The monoisotopic (exact) mass is 324 g/mol. The average molecular weight is 326 g/mol. The number of phenolic OH excluding ortho intramolecular Hbond substituents is 1. The Balaban J connectivity index is 2.64. The van der Waals surface area contributed by atoms with E-state index in [9.17, 15) is 9.90 Å². The van der Waals surface area contributed by atoms with Gasteiger partial charge in [-0.3, -0.25) is 0 Å². The summed E-state index contributed by atoms with van der Waals surface area (Å²) in [6.45, 7) is -0.334. The van der Waals surface area contributed by atoms with Gasteiger partial charge >= 0.3 is 5.97 Å². The van der Waals surface area contributed by atoms with Crippen LogP contribution in [-0.4, -0.2) is 28.6 Å². The summed E-state index contributed by atoms with van der Waals surface area (Å²) >= 11 is 16.3. The van der Waals surface area contributed by atoms with Crippen molar-refractivity contribution in [2.24, 2.45) is 0 Å². The molecule has 0 saturated carbocycles. The number of benzene rings is 1. The minimum absolute atomic E-state index is 0.0124. The molecular weight excluding hydrogens is 314 g/mol. The molecule has 19 heavy (non-hydrogen) atoms. The van der Waals surface area contributed by atoms with Crippen molar-refractivity contribution in [1.82, 2.24) is 0 Å². The summed E-state index contributed by atoms with van der Waals surface area (Å²) in [7, 11) is 1.43. The number of esters is 1. The van der Waals surface area contributed by atoms with Crippen LogP contribution in [0.3, 0.4) is 0 Å². The van der Waals surface area contributed by atoms with Gasteiger partial charge in [-0.1, -0.05) is 40.9 Å². The van der Waals surface area contributed by atoms with Crippen molar-refractivity contribution in [3.05, 3.63) is 29.8 Å². The number of alkyl halides is 3. The van der Waals surface area contributed by atoms with Crippen LogP contribution in [0.5, 0.6) is 11.5 Å². The van der Waals surface area contributed by atoms with Crippen molar-refractivity contribution < 1.29 is 19.4 Å².